The molecule has 8 nitrogen and oxygen atoms in total. The number of aromatic nitrogens is 2. The van der Waals surface area contributed by atoms with Gasteiger partial charge in [-0.2, -0.15) is 0 Å². The molecule has 3 heterocycles. The summed E-state index contributed by atoms with van der Waals surface area (Å²) in [6, 6.07) is 0. The monoisotopic (exact) mass is 436 g/mol. The molecule has 0 bridgehead atoms. The first-order chi connectivity index (χ1) is 15.1. The van der Waals surface area contributed by atoms with Crippen molar-refractivity contribution in [2.24, 2.45) is 9.98 Å². The normalized spacial score (nSPS) is 21.3. The van der Waals surface area contributed by atoms with E-state index in [-0.39, 0.29) is 16.9 Å². The second-order valence-corrected chi connectivity index (χ2v) is 10.0. The molecule has 0 unspecified atom stereocenters. The molecular weight excluding hydrogens is 404 g/mol. The van der Waals surface area contributed by atoms with Crippen molar-refractivity contribution in [3.8, 4) is 0 Å². The Balaban J connectivity index is 1.41. The van der Waals surface area contributed by atoms with Crippen LogP contribution < -0.4 is 5.32 Å². The molecule has 32 heavy (non-hydrogen) atoms. The fourth-order valence-electron chi connectivity index (χ4n) is 3.70. The highest BCUT2D eigenvalue weighted by Gasteiger charge is 2.36. The third kappa shape index (κ3) is 4.65. The molecule has 0 spiro atoms. The highest BCUT2D eigenvalue weighted by Crippen LogP contribution is 2.34. The van der Waals surface area contributed by atoms with Gasteiger partial charge >= 0.3 is 0 Å². The van der Waals surface area contributed by atoms with E-state index in [1.165, 1.54) is 19.2 Å². The number of ether oxygens (including phenoxy) is 1. The van der Waals surface area contributed by atoms with Crippen molar-refractivity contribution < 1.29 is 9.53 Å². The van der Waals surface area contributed by atoms with Gasteiger partial charge in [-0.1, -0.05) is 27.4 Å². The first-order valence-electron chi connectivity index (χ1n) is 11.1. The van der Waals surface area contributed by atoms with Crippen LogP contribution in [0.5, 0.6) is 0 Å². The molecular formula is C24H32N6O2. The minimum absolute atomic E-state index is 0.103. The molecule has 1 amide bonds. The van der Waals surface area contributed by atoms with E-state index in [1.807, 2.05) is 6.20 Å². The average Bonchev–Trinajstić information content (AvgIpc) is 3.40. The van der Waals surface area contributed by atoms with Crippen LogP contribution in [0.2, 0.25) is 0 Å². The maximum absolute atomic E-state index is 13.3. The van der Waals surface area contributed by atoms with Gasteiger partial charge in [-0.05, 0) is 26.7 Å². The molecule has 0 saturated heterocycles. The van der Waals surface area contributed by atoms with E-state index in [0.717, 1.165) is 17.1 Å². The lowest BCUT2D eigenvalue weighted by atomic mass is 9.95. The number of hydrogen-bond acceptors (Lipinski definition) is 6. The largest absolute Gasteiger partial charge is 0.442 e. The lowest BCUT2D eigenvalue weighted by Gasteiger charge is -2.29. The van der Waals surface area contributed by atoms with E-state index in [0.29, 0.717) is 49.0 Å². The van der Waals surface area contributed by atoms with E-state index < -0.39 is 0 Å². The maximum atomic E-state index is 13.3. The lowest BCUT2D eigenvalue weighted by molar-refractivity contribution is -0.127. The van der Waals surface area contributed by atoms with Crippen molar-refractivity contribution in [1.82, 2.24) is 20.2 Å². The summed E-state index contributed by atoms with van der Waals surface area (Å²) in [6.07, 6.45) is 6.36. The van der Waals surface area contributed by atoms with Gasteiger partial charge in [-0.25, -0.2) is 15.0 Å². The molecule has 170 valence electrons. The van der Waals surface area contributed by atoms with Crippen LogP contribution in [-0.4, -0.2) is 51.8 Å². The van der Waals surface area contributed by atoms with Gasteiger partial charge in [0, 0.05) is 47.8 Å². The average molecular weight is 437 g/mol. The molecule has 4 rings (SSSR count). The van der Waals surface area contributed by atoms with Gasteiger partial charge in [0.1, 0.15) is 17.9 Å². The number of allylic oxidation sites excluding steroid dienone is 1. The van der Waals surface area contributed by atoms with Gasteiger partial charge in [-0.3, -0.25) is 15.1 Å². The molecule has 1 fully saturated rings. The Morgan fingerprint density at radius 2 is 2.16 bits per heavy atom. The number of carbonyl (C=O) groups is 1. The molecule has 0 atom stereocenters. The van der Waals surface area contributed by atoms with Gasteiger partial charge in [0.05, 0.1) is 17.9 Å². The summed E-state index contributed by atoms with van der Waals surface area (Å²) in [4.78, 5) is 32.9. The van der Waals surface area contributed by atoms with Crippen molar-refractivity contribution in [3.05, 3.63) is 46.8 Å². The summed E-state index contributed by atoms with van der Waals surface area (Å²) < 4.78 is 5.73. The van der Waals surface area contributed by atoms with E-state index >= 15 is 0 Å². The zero-order valence-corrected chi connectivity index (χ0v) is 19.7. The molecule has 3 aliphatic rings. The Hall–Kier alpha value is -2.87. The highest BCUT2D eigenvalue weighted by molar-refractivity contribution is 6.15. The Labute approximate surface area is 189 Å². The van der Waals surface area contributed by atoms with Crippen LogP contribution in [0, 0.1) is 0 Å². The van der Waals surface area contributed by atoms with Gasteiger partial charge in [-0.15, -0.1) is 0 Å². The maximum Gasteiger partial charge on any atom is 0.258 e. The summed E-state index contributed by atoms with van der Waals surface area (Å²) in [6.45, 7) is 15.9. The Morgan fingerprint density at radius 1 is 1.41 bits per heavy atom. The minimum Gasteiger partial charge on any atom is -0.442 e. The zero-order chi connectivity index (χ0) is 23.1. The molecule has 1 aliphatic carbocycles. The molecule has 1 aromatic rings. The SMILES string of the molecule is C=C1C(=NC=NCNC2(C)CC2)OC(C)=C1C(=O)N1CCc2nc(C(C)(C)C)ncc2C1. The van der Waals surface area contributed by atoms with Crippen LogP contribution in [0.15, 0.2) is 39.7 Å². The van der Waals surface area contributed by atoms with Gasteiger partial charge in [0.25, 0.3) is 5.91 Å². The molecule has 0 radical (unpaired) electrons. The summed E-state index contributed by atoms with van der Waals surface area (Å²) >= 11 is 0. The number of hydrogen-bond donors (Lipinski definition) is 1. The number of rotatable bonds is 5. The van der Waals surface area contributed by atoms with Crippen molar-refractivity contribution in [2.75, 3.05) is 13.2 Å². The predicted octanol–water partition coefficient (Wildman–Crippen LogP) is 3.05. The molecule has 8 heteroatoms. The first-order valence-corrected chi connectivity index (χ1v) is 11.1. The molecule has 1 aromatic heterocycles. The summed E-state index contributed by atoms with van der Waals surface area (Å²) in [7, 11) is 0. The molecule has 1 N–H and O–H groups in total. The first kappa shape index (κ1) is 22.3. The minimum atomic E-state index is -0.108. The van der Waals surface area contributed by atoms with E-state index in [2.05, 4.69) is 54.6 Å². The summed E-state index contributed by atoms with van der Waals surface area (Å²) in [5.74, 6) is 1.56. The Kier molecular flexibility index (Phi) is 5.75. The smallest absolute Gasteiger partial charge is 0.258 e. The number of nitrogens with one attached hydrogen (secondary N) is 1. The van der Waals surface area contributed by atoms with Gasteiger partial charge in [0.2, 0.25) is 5.90 Å². The third-order valence-corrected chi connectivity index (χ3v) is 6.12. The number of fused-ring (bicyclic) bond motifs is 1. The number of nitrogens with zero attached hydrogens (tertiary/aromatic N) is 5. The predicted molar refractivity (Wildman–Crippen MR) is 124 cm³/mol. The van der Waals surface area contributed by atoms with Crippen LogP contribution >= 0.6 is 0 Å². The van der Waals surface area contributed by atoms with Crippen molar-refractivity contribution in [2.45, 2.75) is 71.4 Å². The third-order valence-electron chi connectivity index (χ3n) is 6.12. The number of amides is 1. The van der Waals surface area contributed by atoms with Crippen molar-refractivity contribution in [1.29, 1.82) is 0 Å². The fraction of sp³-hybridized carbons (Fsp3) is 0.542. The number of aliphatic imine (C=N–C) groups is 2. The fourth-order valence-corrected chi connectivity index (χ4v) is 3.70. The van der Waals surface area contributed by atoms with Gasteiger partial charge in [0.15, 0.2) is 0 Å². The van der Waals surface area contributed by atoms with Crippen LogP contribution in [0.1, 0.15) is 64.5 Å². The number of carbonyl (C=O) groups excluding carboxylic acids is 1. The Bertz CT molecular complexity index is 1040. The van der Waals surface area contributed by atoms with Crippen LogP contribution in [0.3, 0.4) is 0 Å². The topological polar surface area (TPSA) is 92.1 Å². The lowest BCUT2D eigenvalue weighted by Crippen LogP contribution is -2.38. The standard InChI is InChI=1S/C24H32N6O2/c1-15-19(16(2)32-20(15)27-13-25-14-28-24(6)8-9-24)21(31)30-10-7-18-17(12-30)11-26-22(29-18)23(3,4)5/h11,13,28H,1,7-10,12,14H2,2-6H3. The summed E-state index contributed by atoms with van der Waals surface area (Å²) in [5, 5.41) is 3.36. The second-order valence-electron chi connectivity index (χ2n) is 10.0. The summed E-state index contributed by atoms with van der Waals surface area (Å²) in [5.41, 5.74) is 3.09. The Morgan fingerprint density at radius 3 is 2.84 bits per heavy atom. The van der Waals surface area contributed by atoms with Gasteiger partial charge < -0.3 is 9.64 Å². The van der Waals surface area contributed by atoms with Crippen LogP contribution in [0.25, 0.3) is 0 Å². The molecule has 2 aliphatic heterocycles. The molecule has 1 saturated carbocycles. The van der Waals surface area contributed by atoms with E-state index in [9.17, 15) is 4.79 Å². The van der Waals surface area contributed by atoms with E-state index in [4.69, 9.17) is 9.72 Å². The highest BCUT2D eigenvalue weighted by atomic mass is 16.5. The second kappa shape index (κ2) is 8.24. The van der Waals surface area contributed by atoms with Crippen molar-refractivity contribution >= 4 is 18.1 Å². The molecule has 0 aromatic carbocycles. The van der Waals surface area contributed by atoms with Crippen LogP contribution in [-0.2, 0) is 27.9 Å². The van der Waals surface area contributed by atoms with E-state index in [1.54, 1.807) is 11.8 Å². The quantitative estimate of drug-likeness (QED) is 0.566. The zero-order valence-electron chi connectivity index (χ0n) is 19.7. The van der Waals surface area contributed by atoms with Crippen LogP contribution in [0.4, 0.5) is 0 Å². The van der Waals surface area contributed by atoms with Crippen molar-refractivity contribution in [3.63, 3.8) is 0 Å².